The molecule has 29 heavy (non-hydrogen) atoms. The lowest BCUT2D eigenvalue weighted by Gasteiger charge is -2.12. The Hall–Kier alpha value is -3.87. The Morgan fingerprint density at radius 2 is 1.79 bits per heavy atom. The van der Waals surface area contributed by atoms with E-state index in [1.807, 2.05) is 24.4 Å². The van der Waals surface area contributed by atoms with Gasteiger partial charge in [0.2, 0.25) is 0 Å². The molecule has 0 unspecified atom stereocenters. The smallest absolute Gasteiger partial charge is 0.269 e. The number of rotatable bonds is 3. The van der Waals surface area contributed by atoms with Gasteiger partial charge in [-0.1, -0.05) is 6.07 Å². The van der Waals surface area contributed by atoms with Crippen LogP contribution in [0.15, 0.2) is 71.9 Å². The van der Waals surface area contributed by atoms with Crippen LogP contribution in [0.2, 0.25) is 0 Å². The maximum absolute atomic E-state index is 14.9. The molecule has 3 aromatic heterocycles. The Kier molecular flexibility index (Phi) is 3.94. The van der Waals surface area contributed by atoms with Crippen LogP contribution in [0.5, 0.6) is 0 Å². The number of H-pyrrole nitrogens is 1. The number of pyridine rings is 1. The summed E-state index contributed by atoms with van der Waals surface area (Å²) in [6, 6.07) is 13.3. The molecule has 0 aliphatic heterocycles. The van der Waals surface area contributed by atoms with E-state index in [4.69, 9.17) is 0 Å². The highest BCUT2D eigenvalue weighted by Crippen LogP contribution is 2.28. The maximum atomic E-state index is 14.9. The summed E-state index contributed by atoms with van der Waals surface area (Å²) < 4.78 is 31.0. The van der Waals surface area contributed by atoms with Crippen molar-refractivity contribution in [1.82, 2.24) is 19.5 Å². The molecular weight excluding hydrogens is 374 g/mol. The van der Waals surface area contributed by atoms with Gasteiger partial charge in [0.05, 0.1) is 18.3 Å². The number of halogens is 2. The minimum atomic E-state index is -0.713. The molecule has 0 saturated carbocycles. The van der Waals surface area contributed by atoms with Crippen molar-refractivity contribution in [3.05, 3.63) is 94.7 Å². The molecule has 0 atom stereocenters. The van der Waals surface area contributed by atoms with E-state index >= 15 is 0 Å². The summed E-state index contributed by atoms with van der Waals surface area (Å²) in [6.07, 6.45) is 4.46. The van der Waals surface area contributed by atoms with Crippen molar-refractivity contribution in [1.29, 1.82) is 0 Å². The van der Waals surface area contributed by atoms with E-state index in [0.29, 0.717) is 22.3 Å². The average Bonchev–Trinajstić information content (AvgIpc) is 3.19. The summed E-state index contributed by atoms with van der Waals surface area (Å²) in [7, 11) is 0. The highest BCUT2D eigenvalue weighted by Gasteiger charge is 2.15. The maximum Gasteiger partial charge on any atom is 0.269 e. The topological polar surface area (TPSA) is 63.6 Å². The number of nitrogens with zero attached hydrogens (tertiary/aromatic N) is 3. The zero-order valence-corrected chi connectivity index (χ0v) is 15.1. The SMILES string of the molecule is O=c1cnc2ncccc2n1Cc1c(F)cc(-c2ccc3[nH]ccc3c2)cc1F. The number of benzene rings is 2. The molecule has 0 aliphatic carbocycles. The van der Waals surface area contributed by atoms with E-state index in [2.05, 4.69) is 15.0 Å². The van der Waals surface area contributed by atoms with Gasteiger partial charge < -0.3 is 4.98 Å². The highest BCUT2D eigenvalue weighted by atomic mass is 19.1. The van der Waals surface area contributed by atoms with E-state index in [1.165, 1.54) is 16.7 Å². The second-order valence-corrected chi connectivity index (χ2v) is 6.73. The van der Waals surface area contributed by atoms with Gasteiger partial charge in [0.15, 0.2) is 5.65 Å². The second-order valence-electron chi connectivity index (χ2n) is 6.73. The molecule has 0 spiro atoms. The summed E-state index contributed by atoms with van der Waals surface area (Å²) in [5.74, 6) is -1.43. The van der Waals surface area contributed by atoms with Crippen molar-refractivity contribution in [2.45, 2.75) is 6.54 Å². The van der Waals surface area contributed by atoms with Gasteiger partial charge in [0.1, 0.15) is 11.6 Å². The zero-order chi connectivity index (χ0) is 20.0. The summed E-state index contributed by atoms with van der Waals surface area (Å²) in [6.45, 7) is -0.252. The van der Waals surface area contributed by atoms with E-state index in [1.54, 1.807) is 24.4 Å². The summed E-state index contributed by atoms with van der Waals surface area (Å²) >= 11 is 0. The number of fused-ring (bicyclic) bond motifs is 2. The lowest BCUT2D eigenvalue weighted by atomic mass is 10.0. The standard InChI is InChI=1S/C22H14F2N4O/c23-17-9-15(13-3-4-19-14(8-13)5-7-25-19)10-18(24)16(17)12-28-20-2-1-6-26-22(20)27-11-21(28)29/h1-11,25H,12H2. The number of nitrogens with one attached hydrogen (secondary N) is 1. The van der Waals surface area contributed by atoms with Gasteiger partial charge in [-0.05, 0) is 59.0 Å². The van der Waals surface area contributed by atoms with Crippen LogP contribution in [0.4, 0.5) is 8.78 Å². The Morgan fingerprint density at radius 3 is 2.62 bits per heavy atom. The molecule has 7 heteroatoms. The predicted octanol–water partition coefficient (Wildman–Crippen LogP) is 4.27. The van der Waals surface area contributed by atoms with E-state index < -0.39 is 17.2 Å². The lowest BCUT2D eigenvalue weighted by Crippen LogP contribution is -2.22. The molecule has 0 fully saturated rings. The molecule has 5 aromatic rings. The monoisotopic (exact) mass is 388 g/mol. The van der Waals surface area contributed by atoms with Crippen LogP contribution in [0.3, 0.4) is 0 Å². The van der Waals surface area contributed by atoms with Crippen molar-refractivity contribution in [2.75, 3.05) is 0 Å². The summed E-state index contributed by atoms with van der Waals surface area (Å²) in [5.41, 5.74) is 2.20. The first kappa shape index (κ1) is 17.2. The fourth-order valence-corrected chi connectivity index (χ4v) is 3.48. The third-order valence-corrected chi connectivity index (χ3v) is 4.96. The fourth-order valence-electron chi connectivity index (χ4n) is 3.48. The number of aromatic nitrogens is 4. The largest absolute Gasteiger partial charge is 0.361 e. The van der Waals surface area contributed by atoms with Crippen LogP contribution in [0, 0.1) is 11.6 Å². The van der Waals surface area contributed by atoms with Crippen LogP contribution in [-0.4, -0.2) is 19.5 Å². The van der Waals surface area contributed by atoms with Gasteiger partial charge in [0, 0.05) is 23.5 Å². The Balaban J connectivity index is 1.59. The molecule has 2 aromatic carbocycles. The number of hydrogen-bond acceptors (Lipinski definition) is 3. The molecule has 0 radical (unpaired) electrons. The number of hydrogen-bond donors (Lipinski definition) is 1. The quantitative estimate of drug-likeness (QED) is 0.502. The summed E-state index contributed by atoms with van der Waals surface area (Å²) in [5, 5.41) is 0.953. The van der Waals surface area contributed by atoms with Crippen molar-refractivity contribution in [3.8, 4) is 11.1 Å². The normalized spacial score (nSPS) is 11.4. The van der Waals surface area contributed by atoms with E-state index in [-0.39, 0.29) is 12.1 Å². The minimum absolute atomic E-state index is 0.185. The third-order valence-electron chi connectivity index (χ3n) is 4.96. The molecule has 142 valence electrons. The molecule has 0 amide bonds. The Morgan fingerprint density at radius 1 is 0.966 bits per heavy atom. The molecule has 0 saturated heterocycles. The molecule has 5 rings (SSSR count). The minimum Gasteiger partial charge on any atom is -0.361 e. The molecule has 0 bridgehead atoms. The van der Waals surface area contributed by atoms with Gasteiger partial charge in [-0.2, -0.15) is 0 Å². The van der Waals surface area contributed by atoms with Gasteiger partial charge in [-0.15, -0.1) is 0 Å². The highest BCUT2D eigenvalue weighted by molar-refractivity contribution is 5.85. The molecule has 1 N–H and O–H groups in total. The van der Waals surface area contributed by atoms with Crippen molar-refractivity contribution < 1.29 is 8.78 Å². The Bertz CT molecular complexity index is 1420. The summed E-state index contributed by atoms with van der Waals surface area (Å²) in [4.78, 5) is 23.4. The van der Waals surface area contributed by atoms with Gasteiger partial charge in [0.25, 0.3) is 5.56 Å². The first-order chi connectivity index (χ1) is 14.1. The van der Waals surface area contributed by atoms with Crippen LogP contribution in [0.25, 0.3) is 33.2 Å². The fraction of sp³-hybridized carbons (Fsp3) is 0.0455. The van der Waals surface area contributed by atoms with Gasteiger partial charge in [-0.3, -0.25) is 9.36 Å². The molecular formula is C22H14F2N4O. The van der Waals surface area contributed by atoms with Gasteiger partial charge >= 0.3 is 0 Å². The van der Waals surface area contributed by atoms with E-state index in [9.17, 15) is 13.6 Å². The lowest BCUT2D eigenvalue weighted by molar-refractivity contribution is 0.545. The first-order valence-corrected chi connectivity index (χ1v) is 8.96. The van der Waals surface area contributed by atoms with Crippen LogP contribution >= 0.6 is 0 Å². The van der Waals surface area contributed by atoms with Crippen molar-refractivity contribution >= 4 is 22.1 Å². The van der Waals surface area contributed by atoms with Crippen LogP contribution in [-0.2, 0) is 6.54 Å². The third kappa shape index (κ3) is 2.97. The second kappa shape index (κ2) is 6.63. The predicted molar refractivity (Wildman–Crippen MR) is 107 cm³/mol. The van der Waals surface area contributed by atoms with Crippen LogP contribution < -0.4 is 5.56 Å². The zero-order valence-electron chi connectivity index (χ0n) is 15.1. The molecule has 5 nitrogen and oxygen atoms in total. The molecule has 0 aliphatic rings. The van der Waals surface area contributed by atoms with Crippen molar-refractivity contribution in [2.24, 2.45) is 0 Å². The van der Waals surface area contributed by atoms with Gasteiger partial charge in [-0.25, -0.2) is 18.7 Å². The van der Waals surface area contributed by atoms with E-state index in [0.717, 1.165) is 17.1 Å². The van der Waals surface area contributed by atoms with Crippen LogP contribution in [0.1, 0.15) is 5.56 Å². The first-order valence-electron chi connectivity index (χ1n) is 8.96. The Labute approximate surface area is 163 Å². The molecule has 3 heterocycles. The van der Waals surface area contributed by atoms with Crippen molar-refractivity contribution in [3.63, 3.8) is 0 Å². The number of aromatic amines is 1. The average molecular weight is 388 g/mol.